The van der Waals surface area contributed by atoms with E-state index in [1.807, 2.05) is 0 Å². The molecular weight excluding hydrogens is 252 g/mol. The number of aliphatic hydroxyl groups is 1. The smallest absolute Gasteiger partial charge is 0.0786 e. The van der Waals surface area contributed by atoms with Crippen molar-refractivity contribution in [3.05, 3.63) is 0 Å². The third kappa shape index (κ3) is 3.53. The van der Waals surface area contributed by atoms with Crippen LogP contribution in [-0.2, 0) is 0 Å². The Bertz CT molecular complexity index is 308. The number of rotatable bonds is 4. The fourth-order valence-corrected chi connectivity index (χ4v) is 4.17. The second-order valence-corrected chi connectivity index (χ2v) is 7.87. The highest BCUT2D eigenvalue weighted by molar-refractivity contribution is 5.02. The number of nitrogens with one attached hydrogen (secondary N) is 2. The van der Waals surface area contributed by atoms with E-state index >= 15 is 0 Å². The lowest BCUT2D eigenvalue weighted by molar-refractivity contribution is -0.0767. The van der Waals surface area contributed by atoms with E-state index in [0.717, 1.165) is 44.9 Å². The first kappa shape index (κ1) is 16.2. The maximum atomic E-state index is 10.9. The number of hydroxylamine groups is 1. The van der Waals surface area contributed by atoms with Crippen molar-refractivity contribution < 1.29 is 10.3 Å². The molecule has 4 N–H and O–H groups in total. The minimum atomic E-state index is -0.481. The molecule has 2 unspecified atom stereocenters. The third-order valence-electron chi connectivity index (χ3n) is 5.13. The molecule has 0 heterocycles. The monoisotopic (exact) mass is 284 g/mol. The zero-order chi connectivity index (χ0) is 14.8. The van der Waals surface area contributed by atoms with E-state index in [2.05, 4.69) is 31.6 Å². The number of aliphatic hydroxyl groups excluding tert-OH is 1. The largest absolute Gasteiger partial charge is 0.391 e. The van der Waals surface area contributed by atoms with Crippen molar-refractivity contribution in [2.45, 2.75) is 95.4 Å². The minimum Gasteiger partial charge on any atom is -0.391 e. The molecule has 0 radical (unpaired) electrons. The van der Waals surface area contributed by atoms with Crippen molar-refractivity contribution in [2.24, 2.45) is 5.92 Å². The van der Waals surface area contributed by atoms with Gasteiger partial charge in [-0.1, -0.05) is 25.7 Å². The number of hydrogen-bond acceptors (Lipinski definition) is 4. The van der Waals surface area contributed by atoms with Crippen molar-refractivity contribution in [1.29, 1.82) is 0 Å². The molecule has 2 rings (SSSR count). The normalized spacial score (nSPS) is 32.2. The summed E-state index contributed by atoms with van der Waals surface area (Å²) in [6.07, 6.45) is 8.03. The molecule has 3 atom stereocenters. The average molecular weight is 284 g/mol. The van der Waals surface area contributed by atoms with Gasteiger partial charge in [-0.05, 0) is 46.5 Å². The standard InChI is InChI=1S/C16H32N2O2/c1-15(2,3)17-13-9-7-8-12(13)14(19)16(18-20)10-5-4-6-11-16/h12-14,17-20H,4-11H2,1-3H3/t12-,13?,14?/m0/s1. The molecule has 2 aliphatic rings. The van der Waals surface area contributed by atoms with Gasteiger partial charge in [-0.3, -0.25) is 0 Å². The van der Waals surface area contributed by atoms with Crippen LogP contribution in [-0.4, -0.2) is 33.5 Å². The minimum absolute atomic E-state index is 0.0688. The molecule has 20 heavy (non-hydrogen) atoms. The van der Waals surface area contributed by atoms with Crippen molar-refractivity contribution in [2.75, 3.05) is 0 Å². The summed E-state index contributed by atoms with van der Waals surface area (Å²) in [5, 5.41) is 24.2. The van der Waals surface area contributed by atoms with Crippen LogP contribution in [0.3, 0.4) is 0 Å². The Kier molecular flexibility index (Phi) is 5.11. The van der Waals surface area contributed by atoms with Gasteiger partial charge in [0.2, 0.25) is 0 Å². The fraction of sp³-hybridized carbons (Fsp3) is 1.00. The molecule has 0 spiro atoms. The Morgan fingerprint density at radius 3 is 2.25 bits per heavy atom. The van der Waals surface area contributed by atoms with E-state index in [1.165, 1.54) is 6.42 Å². The summed E-state index contributed by atoms with van der Waals surface area (Å²) in [7, 11) is 0. The summed E-state index contributed by atoms with van der Waals surface area (Å²) in [4.78, 5) is 0. The van der Waals surface area contributed by atoms with Gasteiger partial charge in [-0.25, -0.2) is 0 Å². The van der Waals surface area contributed by atoms with E-state index < -0.39 is 11.6 Å². The molecule has 0 aliphatic heterocycles. The summed E-state index contributed by atoms with van der Waals surface area (Å²) in [5.74, 6) is 0.243. The summed E-state index contributed by atoms with van der Waals surface area (Å²) >= 11 is 0. The zero-order valence-electron chi connectivity index (χ0n) is 13.3. The van der Waals surface area contributed by atoms with Gasteiger partial charge in [0.15, 0.2) is 0 Å². The molecule has 2 saturated carbocycles. The lowest BCUT2D eigenvalue weighted by atomic mass is 9.72. The fourth-order valence-electron chi connectivity index (χ4n) is 4.17. The molecule has 2 aliphatic carbocycles. The first-order valence-corrected chi connectivity index (χ1v) is 8.25. The van der Waals surface area contributed by atoms with Gasteiger partial charge in [0, 0.05) is 17.5 Å². The van der Waals surface area contributed by atoms with Crippen molar-refractivity contribution in [3.8, 4) is 0 Å². The van der Waals surface area contributed by atoms with Gasteiger partial charge >= 0.3 is 0 Å². The van der Waals surface area contributed by atoms with Crippen molar-refractivity contribution >= 4 is 0 Å². The van der Waals surface area contributed by atoms with Crippen LogP contribution in [0.4, 0.5) is 0 Å². The first-order valence-electron chi connectivity index (χ1n) is 8.25. The highest BCUT2D eigenvalue weighted by Crippen LogP contribution is 2.39. The van der Waals surface area contributed by atoms with Gasteiger partial charge in [0.1, 0.15) is 0 Å². The Balaban J connectivity index is 2.07. The van der Waals surface area contributed by atoms with Crippen LogP contribution in [0.15, 0.2) is 0 Å². The molecule has 4 heteroatoms. The molecular formula is C16H32N2O2. The topological polar surface area (TPSA) is 64.5 Å². The van der Waals surface area contributed by atoms with Gasteiger partial charge in [0.25, 0.3) is 0 Å². The zero-order valence-corrected chi connectivity index (χ0v) is 13.3. The van der Waals surface area contributed by atoms with E-state index in [9.17, 15) is 10.3 Å². The molecule has 0 bridgehead atoms. The summed E-state index contributed by atoms with van der Waals surface area (Å²) in [6, 6.07) is 0.358. The molecule has 0 aromatic carbocycles. The molecule has 118 valence electrons. The predicted molar refractivity (Wildman–Crippen MR) is 80.8 cm³/mol. The summed E-state index contributed by atoms with van der Waals surface area (Å²) in [5.41, 5.74) is 2.09. The maximum absolute atomic E-state index is 10.9. The quantitative estimate of drug-likeness (QED) is 0.599. The van der Waals surface area contributed by atoms with E-state index in [-0.39, 0.29) is 11.5 Å². The highest BCUT2D eigenvalue weighted by Gasteiger charge is 2.46. The Morgan fingerprint density at radius 2 is 1.70 bits per heavy atom. The first-order chi connectivity index (χ1) is 9.38. The van der Waals surface area contributed by atoms with E-state index in [1.54, 1.807) is 0 Å². The SMILES string of the molecule is CC(C)(C)NC1CCC[C@@H]1C(O)C1(NO)CCCCC1. The molecule has 2 fully saturated rings. The van der Waals surface area contributed by atoms with Gasteiger partial charge in [0.05, 0.1) is 11.6 Å². The third-order valence-corrected chi connectivity index (χ3v) is 5.13. The molecule has 4 nitrogen and oxygen atoms in total. The average Bonchev–Trinajstić information content (AvgIpc) is 2.84. The summed E-state index contributed by atoms with van der Waals surface area (Å²) in [6.45, 7) is 6.53. The van der Waals surface area contributed by atoms with Gasteiger partial charge < -0.3 is 15.6 Å². The Hall–Kier alpha value is -0.160. The lowest BCUT2D eigenvalue weighted by Gasteiger charge is -2.44. The summed E-state index contributed by atoms with van der Waals surface area (Å²) < 4.78 is 0. The Morgan fingerprint density at radius 1 is 1.05 bits per heavy atom. The predicted octanol–water partition coefficient (Wildman–Crippen LogP) is 2.59. The molecule has 0 saturated heterocycles. The highest BCUT2D eigenvalue weighted by atomic mass is 16.5. The van der Waals surface area contributed by atoms with Crippen molar-refractivity contribution in [3.63, 3.8) is 0 Å². The van der Waals surface area contributed by atoms with Crippen LogP contribution in [0.5, 0.6) is 0 Å². The molecule has 0 aromatic heterocycles. The second-order valence-electron chi connectivity index (χ2n) is 7.87. The maximum Gasteiger partial charge on any atom is 0.0786 e. The van der Waals surface area contributed by atoms with Crippen LogP contribution in [0.1, 0.15) is 72.1 Å². The van der Waals surface area contributed by atoms with E-state index in [0.29, 0.717) is 6.04 Å². The van der Waals surface area contributed by atoms with Crippen LogP contribution in [0.25, 0.3) is 0 Å². The van der Waals surface area contributed by atoms with Gasteiger partial charge in [-0.15, -0.1) is 0 Å². The lowest BCUT2D eigenvalue weighted by Crippen LogP contribution is -2.60. The molecule has 0 amide bonds. The number of hydrogen-bond donors (Lipinski definition) is 4. The second kappa shape index (κ2) is 6.30. The van der Waals surface area contributed by atoms with Crippen LogP contribution in [0.2, 0.25) is 0 Å². The van der Waals surface area contributed by atoms with Crippen LogP contribution in [0, 0.1) is 5.92 Å². The van der Waals surface area contributed by atoms with Gasteiger partial charge in [-0.2, -0.15) is 5.48 Å². The van der Waals surface area contributed by atoms with Crippen molar-refractivity contribution in [1.82, 2.24) is 10.8 Å². The van der Waals surface area contributed by atoms with E-state index in [4.69, 9.17) is 0 Å². The van der Waals surface area contributed by atoms with Crippen LogP contribution < -0.4 is 10.8 Å². The molecule has 0 aromatic rings. The van der Waals surface area contributed by atoms with Crippen LogP contribution >= 0.6 is 0 Å². The Labute approximate surface area is 123 Å².